The molecule has 17 heavy (non-hydrogen) atoms. The van der Waals surface area contributed by atoms with E-state index in [2.05, 4.69) is 42.6 Å². The summed E-state index contributed by atoms with van der Waals surface area (Å²) in [5.41, 5.74) is 1.39. The summed E-state index contributed by atoms with van der Waals surface area (Å²) in [7, 11) is 2.16. The molecule has 1 saturated heterocycles. The Hall–Kier alpha value is -0.420. The zero-order valence-corrected chi connectivity index (χ0v) is 11.7. The number of ether oxygens (including phenoxy) is 1. The lowest BCUT2D eigenvalue weighted by molar-refractivity contribution is -0.0190. The summed E-state index contributed by atoms with van der Waals surface area (Å²) in [6.07, 6.45) is 0.330. The van der Waals surface area contributed by atoms with Crippen LogP contribution >= 0.6 is 11.3 Å². The first-order chi connectivity index (χ1) is 8.16. The highest BCUT2D eigenvalue weighted by molar-refractivity contribution is 7.10. The van der Waals surface area contributed by atoms with Gasteiger partial charge in [0.1, 0.15) is 0 Å². The smallest absolute Gasteiger partial charge is 0.0826 e. The van der Waals surface area contributed by atoms with Gasteiger partial charge in [-0.1, -0.05) is 0 Å². The van der Waals surface area contributed by atoms with E-state index in [-0.39, 0.29) is 0 Å². The normalized spacial score (nSPS) is 23.8. The second-order valence-electron chi connectivity index (χ2n) is 4.85. The largest absolute Gasteiger partial charge is 0.374 e. The van der Waals surface area contributed by atoms with E-state index >= 15 is 0 Å². The quantitative estimate of drug-likeness (QED) is 0.890. The molecule has 0 aromatic carbocycles. The molecule has 2 atom stereocenters. The van der Waals surface area contributed by atoms with Gasteiger partial charge in [-0.25, -0.2) is 0 Å². The Morgan fingerprint density at radius 2 is 2.47 bits per heavy atom. The Morgan fingerprint density at radius 3 is 3.12 bits per heavy atom. The van der Waals surface area contributed by atoms with Crippen LogP contribution in [0.15, 0.2) is 11.4 Å². The SMILES string of the molecule is Cc1ccsc1C(C)NCC1CN(C)CCO1. The van der Waals surface area contributed by atoms with Crippen LogP contribution in [0.3, 0.4) is 0 Å². The van der Waals surface area contributed by atoms with Crippen LogP contribution in [-0.4, -0.2) is 44.3 Å². The minimum Gasteiger partial charge on any atom is -0.374 e. The minimum atomic E-state index is 0.330. The van der Waals surface area contributed by atoms with Crippen LogP contribution in [0.25, 0.3) is 0 Å². The predicted octanol–water partition coefficient (Wildman–Crippen LogP) is 2.04. The van der Waals surface area contributed by atoms with Gasteiger partial charge in [0.05, 0.1) is 12.7 Å². The van der Waals surface area contributed by atoms with Crippen LogP contribution in [0.2, 0.25) is 0 Å². The first-order valence-corrected chi connectivity index (χ1v) is 7.12. The number of hydrogen-bond acceptors (Lipinski definition) is 4. The van der Waals surface area contributed by atoms with Crippen molar-refractivity contribution in [3.63, 3.8) is 0 Å². The van der Waals surface area contributed by atoms with Crippen molar-refractivity contribution in [2.45, 2.75) is 26.0 Å². The average molecular weight is 254 g/mol. The highest BCUT2D eigenvalue weighted by Gasteiger charge is 2.18. The van der Waals surface area contributed by atoms with Gasteiger partial charge in [0, 0.05) is 30.6 Å². The molecular weight excluding hydrogens is 232 g/mol. The number of thiophene rings is 1. The van der Waals surface area contributed by atoms with Crippen LogP contribution in [0.5, 0.6) is 0 Å². The van der Waals surface area contributed by atoms with E-state index in [1.807, 2.05) is 11.3 Å². The maximum Gasteiger partial charge on any atom is 0.0826 e. The van der Waals surface area contributed by atoms with Crippen molar-refractivity contribution in [2.24, 2.45) is 0 Å². The molecule has 1 N–H and O–H groups in total. The zero-order valence-electron chi connectivity index (χ0n) is 10.9. The molecule has 0 aliphatic carbocycles. The highest BCUT2D eigenvalue weighted by Crippen LogP contribution is 2.23. The third-order valence-electron chi connectivity index (χ3n) is 3.29. The van der Waals surface area contributed by atoms with Crippen LogP contribution in [0, 0.1) is 6.92 Å². The summed E-state index contributed by atoms with van der Waals surface area (Å²) >= 11 is 1.83. The second-order valence-corrected chi connectivity index (χ2v) is 5.80. The highest BCUT2D eigenvalue weighted by atomic mass is 32.1. The van der Waals surface area contributed by atoms with Gasteiger partial charge in [-0.05, 0) is 37.9 Å². The molecule has 2 rings (SSSR count). The topological polar surface area (TPSA) is 24.5 Å². The average Bonchev–Trinajstić information content (AvgIpc) is 2.72. The molecule has 4 heteroatoms. The molecule has 2 unspecified atom stereocenters. The molecule has 0 saturated carbocycles. The summed E-state index contributed by atoms with van der Waals surface area (Å²) in [5, 5.41) is 5.74. The van der Waals surface area contributed by atoms with Crippen molar-refractivity contribution >= 4 is 11.3 Å². The standard InChI is InChI=1S/C13H22N2OS/c1-10-4-7-17-13(10)11(2)14-8-12-9-15(3)5-6-16-12/h4,7,11-12,14H,5-6,8-9H2,1-3H3. The van der Waals surface area contributed by atoms with Gasteiger partial charge < -0.3 is 15.0 Å². The van der Waals surface area contributed by atoms with Crippen molar-refractivity contribution in [1.29, 1.82) is 0 Å². The molecule has 1 aromatic heterocycles. The lowest BCUT2D eigenvalue weighted by Crippen LogP contribution is -2.45. The summed E-state index contributed by atoms with van der Waals surface area (Å²) in [6, 6.07) is 2.61. The second kappa shape index (κ2) is 5.96. The monoisotopic (exact) mass is 254 g/mol. The van der Waals surface area contributed by atoms with Gasteiger partial charge in [-0.3, -0.25) is 0 Å². The third-order valence-corrected chi connectivity index (χ3v) is 4.49. The molecule has 96 valence electrons. The van der Waals surface area contributed by atoms with E-state index in [9.17, 15) is 0 Å². The summed E-state index contributed by atoms with van der Waals surface area (Å²) < 4.78 is 5.75. The van der Waals surface area contributed by atoms with Crippen molar-refractivity contribution in [3.05, 3.63) is 21.9 Å². The number of aryl methyl sites for hydroxylation is 1. The maximum absolute atomic E-state index is 5.75. The molecule has 1 aliphatic rings. The fourth-order valence-electron chi connectivity index (χ4n) is 2.22. The number of rotatable bonds is 4. The van der Waals surface area contributed by atoms with E-state index in [4.69, 9.17) is 4.74 Å². The molecule has 1 aromatic rings. The minimum absolute atomic E-state index is 0.330. The van der Waals surface area contributed by atoms with E-state index in [1.54, 1.807) is 0 Å². The van der Waals surface area contributed by atoms with Gasteiger partial charge >= 0.3 is 0 Å². The van der Waals surface area contributed by atoms with Crippen LogP contribution in [0.4, 0.5) is 0 Å². The Bertz CT molecular complexity index is 353. The van der Waals surface area contributed by atoms with Crippen molar-refractivity contribution in [3.8, 4) is 0 Å². The van der Waals surface area contributed by atoms with E-state index in [1.165, 1.54) is 10.4 Å². The zero-order chi connectivity index (χ0) is 12.3. The molecule has 0 spiro atoms. The lowest BCUT2D eigenvalue weighted by atomic mass is 10.2. The summed E-state index contributed by atoms with van der Waals surface area (Å²) in [4.78, 5) is 3.77. The Kier molecular flexibility index (Phi) is 4.56. The molecule has 0 bridgehead atoms. The van der Waals surface area contributed by atoms with Crippen LogP contribution < -0.4 is 5.32 Å². The first-order valence-electron chi connectivity index (χ1n) is 6.24. The fraction of sp³-hybridized carbons (Fsp3) is 0.692. The molecule has 1 aliphatic heterocycles. The van der Waals surface area contributed by atoms with Crippen molar-refractivity contribution in [2.75, 3.05) is 33.3 Å². The molecule has 0 radical (unpaired) electrons. The number of nitrogens with one attached hydrogen (secondary N) is 1. The van der Waals surface area contributed by atoms with E-state index < -0.39 is 0 Å². The maximum atomic E-state index is 5.75. The van der Waals surface area contributed by atoms with Crippen LogP contribution in [-0.2, 0) is 4.74 Å². The van der Waals surface area contributed by atoms with Gasteiger partial charge in [-0.2, -0.15) is 0 Å². The first kappa shape index (κ1) is 13.0. The van der Waals surface area contributed by atoms with Crippen LogP contribution in [0.1, 0.15) is 23.4 Å². The molecule has 2 heterocycles. The van der Waals surface area contributed by atoms with Crippen molar-refractivity contribution < 1.29 is 4.74 Å². The van der Waals surface area contributed by atoms with Gasteiger partial charge in [0.25, 0.3) is 0 Å². The van der Waals surface area contributed by atoms with Gasteiger partial charge in [-0.15, -0.1) is 11.3 Å². The van der Waals surface area contributed by atoms with Gasteiger partial charge in [0.15, 0.2) is 0 Å². The van der Waals surface area contributed by atoms with Crippen molar-refractivity contribution in [1.82, 2.24) is 10.2 Å². The molecule has 0 amide bonds. The van der Waals surface area contributed by atoms with E-state index in [0.717, 1.165) is 26.2 Å². The number of morpholine rings is 1. The van der Waals surface area contributed by atoms with Gasteiger partial charge in [0.2, 0.25) is 0 Å². The number of likely N-dealkylation sites (N-methyl/N-ethyl adjacent to an activating group) is 1. The van der Waals surface area contributed by atoms with E-state index in [0.29, 0.717) is 12.1 Å². The Balaban J connectivity index is 1.80. The molecular formula is C13H22N2OS. The Morgan fingerprint density at radius 1 is 1.65 bits per heavy atom. The lowest BCUT2D eigenvalue weighted by Gasteiger charge is -2.31. The fourth-order valence-corrected chi connectivity index (χ4v) is 3.18. The molecule has 1 fully saturated rings. The summed E-state index contributed by atoms with van der Waals surface area (Å²) in [5.74, 6) is 0. The third kappa shape index (κ3) is 3.52. The summed E-state index contributed by atoms with van der Waals surface area (Å²) in [6.45, 7) is 8.28. The number of nitrogens with zero attached hydrogens (tertiary/aromatic N) is 1. The molecule has 3 nitrogen and oxygen atoms in total. The number of hydrogen-bond donors (Lipinski definition) is 1. The Labute approximate surface area is 108 Å². The predicted molar refractivity (Wildman–Crippen MR) is 72.7 cm³/mol.